The van der Waals surface area contributed by atoms with Crippen LogP contribution in [0.25, 0.3) is 0 Å². The van der Waals surface area contributed by atoms with Gasteiger partial charge in [0.1, 0.15) is 5.82 Å². The Hall–Kier alpha value is -4.45. The van der Waals surface area contributed by atoms with Gasteiger partial charge in [0.05, 0.1) is 34.9 Å². The van der Waals surface area contributed by atoms with E-state index >= 15 is 0 Å². The summed E-state index contributed by atoms with van der Waals surface area (Å²) in [5.74, 6) is -0.457. The Morgan fingerprint density at radius 1 is 1.12 bits per heavy atom. The van der Waals surface area contributed by atoms with Crippen LogP contribution in [0, 0.1) is 28.1 Å². The number of nitrogens with zero attached hydrogens (tertiary/aromatic N) is 5. The van der Waals surface area contributed by atoms with Crippen LogP contribution in [0.4, 0.5) is 10.8 Å². The number of ketones is 1. The molecule has 1 aliphatic carbocycles. The van der Waals surface area contributed by atoms with Crippen LogP contribution in [0.3, 0.4) is 0 Å². The van der Waals surface area contributed by atoms with E-state index in [1.165, 1.54) is 28.7 Å². The Morgan fingerprint density at radius 3 is 2.48 bits per heavy atom. The molecule has 0 bridgehead atoms. The van der Waals surface area contributed by atoms with Crippen LogP contribution in [-0.4, -0.2) is 27.6 Å². The summed E-state index contributed by atoms with van der Waals surface area (Å²) in [4.78, 5) is 28.0. The summed E-state index contributed by atoms with van der Waals surface area (Å²) in [7, 11) is 0. The molecular weight excluding hydrogens is 567 g/mol. The molecule has 0 fully saturated rings. The smallest absolute Gasteiger partial charge is 0.234 e. The first kappa shape index (κ1) is 29.1. The maximum Gasteiger partial charge on any atom is 0.234 e. The highest BCUT2D eigenvalue weighted by atomic mass is 32.2. The fourth-order valence-electron chi connectivity index (χ4n) is 5.31. The summed E-state index contributed by atoms with van der Waals surface area (Å²) in [5, 5.41) is 31.1. The first-order valence-corrected chi connectivity index (χ1v) is 15.3. The molecule has 11 heteroatoms. The summed E-state index contributed by atoms with van der Waals surface area (Å²) >= 11 is 2.48. The summed E-state index contributed by atoms with van der Waals surface area (Å²) in [6, 6.07) is 19.0. The minimum atomic E-state index is -0.552. The van der Waals surface area contributed by atoms with Crippen molar-refractivity contribution < 1.29 is 9.59 Å². The van der Waals surface area contributed by atoms with Gasteiger partial charge in [-0.1, -0.05) is 68.1 Å². The van der Waals surface area contributed by atoms with Gasteiger partial charge in [-0.25, -0.2) is 0 Å². The van der Waals surface area contributed by atoms with Gasteiger partial charge in [0.2, 0.25) is 11.0 Å². The number of aromatic nitrogens is 2. The average Bonchev–Trinajstić information content (AvgIpc) is 3.44. The molecule has 1 atom stereocenters. The second-order valence-electron chi connectivity index (χ2n) is 11.0. The molecule has 9 nitrogen and oxygen atoms in total. The number of nitrogens with one attached hydrogen (secondary N) is 1. The largest absolute Gasteiger partial charge is 0.384 e. The Kier molecular flexibility index (Phi) is 8.17. The molecule has 1 aromatic heterocycles. The van der Waals surface area contributed by atoms with Gasteiger partial charge in [-0.3, -0.25) is 14.5 Å². The highest BCUT2D eigenvalue weighted by Crippen LogP contribution is 2.50. The summed E-state index contributed by atoms with van der Waals surface area (Å²) in [5.41, 5.74) is 11.2. The van der Waals surface area contributed by atoms with Crippen LogP contribution in [0.5, 0.6) is 0 Å². The van der Waals surface area contributed by atoms with Crippen molar-refractivity contribution in [1.82, 2.24) is 10.2 Å². The summed E-state index contributed by atoms with van der Waals surface area (Å²) in [6.07, 6.45) is 1.83. The van der Waals surface area contributed by atoms with Crippen molar-refractivity contribution in [1.29, 1.82) is 10.5 Å². The van der Waals surface area contributed by atoms with E-state index in [1.807, 2.05) is 44.2 Å². The quantitative estimate of drug-likeness (QED) is 0.331. The fourth-order valence-corrected chi connectivity index (χ4v) is 6.99. The molecule has 2 aliphatic rings. The number of rotatable bonds is 7. The number of carbonyl (C=O) groups excluding carboxylic acids is 2. The van der Waals surface area contributed by atoms with E-state index in [-0.39, 0.29) is 28.7 Å². The molecule has 3 N–H and O–H groups in total. The minimum absolute atomic E-state index is 0.00495. The Morgan fingerprint density at radius 2 is 1.83 bits per heavy atom. The monoisotopic (exact) mass is 595 g/mol. The van der Waals surface area contributed by atoms with Crippen LogP contribution in [-0.2, 0) is 16.0 Å². The Balaban J connectivity index is 1.44. The zero-order chi connectivity index (χ0) is 30.0. The number of thioether (sulfide) groups is 1. The molecular formula is C31H29N7O2S2. The lowest BCUT2D eigenvalue weighted by atomic mass is 9.68. The van der Waals surface area contributed by atoms with Gasteiger partial charge < -0.3 is 11.1 Å². The second-order valence-corrected chi connectivity index (χ2v) is 13.1. The van der Waals surface area contributed by atoms with E-state index in [0.29, 0.717) is 44.7 Å². The zero-order valence-electron chi connectivity index (χ0n) is 23.5. The topological polar surface area (TPSA) is 149 Å². The Bertz CT molecular complexity index is 1690. The van der Waals surface area contributed by atoms with Crippen molar-refractivity contribution in [3.63, 3.8) is 0 Å². The number of Topliss-reactive ketones (excluding diaryl/α,β-unsaturated/α-hetero) is 1. The number of benzene rings is 2. The maximum atomic E-state index is 13.7. The van der Waals surface area contributed by atoms with Gasteiger partial charge in [-0.15, -0.1) is 10.2 Å². The molecule has 0 saturated heterocycles. The number of hydrogen-bond acceptors (Lipinski definition) is 10. The standard InChI is InChI=1S/C31H29N7O2S2/c1-4-18-5-9-20(10-6-18)26-22(16-33)28(34)38(23-13-31(2,3)14-24(39)27(23)26)29-36-37-30(42-29)41-17-25(40)35-21-11-7-19(15-32)8-12-21/h5-12,26H,4,13-14,17,34H2,1-3H3,(H,35,40). The van der Waals surface area contributed by atoms with Gasteiger partial charge in [0.25, 0.3) is 0 Å². The average molecular weight is 596 g/mol. The highest BCUT2D eigenvalue weighted by molar-refractivity contribution is 8.01. The van der Waals surface area contributed by atoms with Crippen LogP contribution in [0.15, 0.2) is 75.5 Å². The minimum Gasteiger partial charge on any atom is -0.384 e. The molecule has 3 aromatic rings. The number of aryl methyl sites for hydroxylation is 1. The number of amides is 1. The lowest BCUT2D eigenvalue weighted by Crippen LogP contribution is -2.42. The number of carbonyl (C=O) groups is 2. The lowest BCUT2D eigenvalue weighted by molar-refractivity contribution is -0.118. The maximum absolute atomic E-state index is 13.7. The molecule has 1 aliphatic heterocycles. The van der Waals surface area contributed by atoms with Gasteiger partial charge in [-0.05, 0) is 53.6 Å². The van der Waals surface area contributed by atoms with Crippen molar-refractivity contribution in [3.05, 3.63) is 87.9 Å². The fraction of sp³-hybridized carbons (Fsp3) is 0.290. The number of nitriles is 2. The van der Waals surface area contributed by atoms with Crippen molar-refractivity contribution in [2.24, 2.45) is 11.1 Å². The van der Waals surface area contributed by atoms with Crippen molar-refractivity contribution in [2.75, 3.05) is 16.0 Å². The van der Waals surface area contributed by atoms with Crippen LogP contribution >= 0.6 is 23.1 Å². The predicted octanol–water partition coefficient (Wildman–Crippen LogP) is 5.64. The third kappa shape index (κ3) is 5.80. The van der Waals surface area contributed by atoms with Crippen LogP contribution < -0.4 is 16.0 Å². The van der Waals surface area contributed by atoms with E-state index in [1.54, 1.807) is 29.2 Å². The first-order valence-electron chi connectivity index (χ1n) is 13.5. The predicted molar refractivity (Wildman–Crippen MR) is 163 cm³/mol. The third-order valence-corrected chi connectivity index (χ3v) is 9.36. The normalized spacial score (nSPS) is 17.9. The molecule has 212 valence electrons. The molecule has 1 amide bonds. The van der Waals surface area contributed by atoms with E-state index in [0.717, 1.165) is 17.7 Å². The van der Waals surface area contributed by atoms with E-state index in [2.05, 4.69) is 28.5 Å². The third-order valence-electron chi connectivity index (χ3n) is 7.31. The van der Waals surface area contributed by atoms with Crippen LogP contribution in [0.2, 0.25) is 0 Å². The van der Waals surface area contributed by atoms with E-state index in [9.17, 15) is 14.9 Å². The summed E-state index contributed by atoms with van der Waals surface area (Å²) < 4.78 is 0.548. The molecule has 0 spiro atoms. The van der Waals surface area contributed by atoms with Gasteiger partial charge in [0.15, 0.2) is 10.1 Å². The SMILES string of the molecule is CCc1ccc(C2C(C#N)=C(N)N(c3nnc(SCC(=O)Nc4ccc(C#N)cc4)s3)C3=C2C(=O)CC(C)(C)C3)cc1. The summed E-state index contributed by atoms with van der Waals surface area (Å²) in [6.45, 7) is 6.17. The molecule has 42 heavy (non-hydrogen) atoms. The van der Waals surface area contributed by atoms with Crippen molar-refractivity contribution >= 4 is 45.6 Å². The van der Waals surface area contributed by atoms with E-state index < -0.39 is 5.92 Å². The van der Waals surface area contributed by atoms with Gasteiger partial charge in [-0.2, -0.15) is 10.5 Å². The molecule has 0 saturated carbocycles. The number of anilines is 2. The van der Waals surface area contributed by atoms with E-state index in [4.69, 9.17) is 11.0 Å². The van der Waals surface area contributed by atoms with Crippen molar-refractivity contribution in [2.45, 2.75) is 50.3 Å². The molecule has 0 radical (unpaired) electrons. The molecule has 5 rings (SSSR count). The van der Waals surface area contributed by atoms with Gasteiger partial charge >= 0.3 is 0 Å². The first-order chi connectivity index (χ1) is 20.1. The van der Waals surface area contributed by atoms with Crippen LogP contribution in [0.1, 0.15) is 56.2 Å². The highest BCUT2D eigenvalue weighted by Gasteiger charge is 2.45. The lowest BCUT2D eigenvalue weighted by Gasteiger charge is -2.42. The number of hydrogen-bond donors (Lipinski definition) is 2. The molecule has 1 unspecified atom stereocenters. The zero-order valence-corrected chi connectivity index (χ0v) is 25.1. The number of nitrogens with two attached hydrogens (primary N) is 1. The van der Waals surface area contributed by atoms with Crippen molar-refractivity contribution in [3.8, 4) is 12.1 Å². The Labute approximate surface area is 252 Å². The van der Waals surface area contributed by atoms with Gasteiger partial charge in [0, 0.05) is 23.4 Å². The molecule has 2 heterocycles. The molecule has 2 aromatic carbocycles. The second kappa shape index (κ2) is 11.8. The number of allylic oxidation sites excluding steroid dienone is 3.